The van der Waals surface area contributed by atoms with Crippen LogP contribution in [0.1, 0.15) is 34.4 Å². The summed E-state index contributed by atoms with van der Waals surface area (Å²) in [5.41, 5.74) is 11.2. The van der Waals surface area contributed by atoms with Crippen molar-refractivity contribution in [2.24, 2.45) is 0 Å². The zero-order chi connectivity index (χ0) is 18.7. The number of rotatable bonds is 5. The summed E-state index contributed by atoms with van der Waals surface area (Å²) >= 11 is 0. The highest BCUT2D eigenvalue weighted by molar-refractivity contribution is 5.95. The largest absolute Gasteiger partial charge is 0.383 e. The van der Waals surface area contributed by atoms with E-state index in [2.05, 4.69) is 20.5 Å². The molecule has 26 heavy (non-hydrogen) atoms. The zero-order valence-electron chi connectivity index (χ0n) is 15.2. The molecule has 0 aliphatic rings. The van der Waals surface area contributed by atoms with Crippen molar-refractivity contribution in [3.8, 4) is 11.1 Å². The number of amides is 1. The van der Waals surface area contributed by atoms with Gasteiger partial charge in [-0.2, -0.15) is 5.10 Å². The number of anilines is 1. The van der Waals surface area contributed by atoms with Gasteiger partial charge >= 0.3 is 0 Å². The Morgan fingerprint density at radius 2 is 1.92 bits per heavy atom. The number of hydrogen-bond acceptors (Lipinski definition) is 4. The number of nitrogens with two attached hydrogens (primary N) is 1. The molecule has 1 aromatic carbocycles. The number of hydrogen-bond donors (Lipinski definition) is 3. The highest BCUT2D eigenvalue weighted by Gasteiger charge is 2.12. The van der Waals surface area contributed by atoms with Crippen LogP contribution in [0.3, 0.4) is 0 Å². The number of aromatic nitrogens is 3. The van der Waals surface area contributed by atoms with E-state index in [1.54, 1.807) is 12.1 Å². The molecule has 6 nitrogen and oxygen atoms in total. The van der Waals surface area contributed by atoms with Gasteiger partial charge in [0.15, 0.2) is 0 Å². The molecule has 0 radical (unpaired) electrons. The van der Waals surface area contributed by atoms with Crippen LogP contribution in [0.2, 0.25) is 0 Å². The number of nitrogen functional groups attached to an aromatic ring is 1. The number of aromatic amines is 1. The zero-order valence-corrected chi connectivity index (χ0v) is 15.2. The van der Waals surface area contributed by atoms with Gasteiger partial charge in [-0.05, 0) is 56.7 Å². The summed E-state index contributed by atoms with van der Waals surface area (Å²) in [7, 11) is 0. The minimum absolute atomic E-state index is 0.0122. The Bertz CT molecular complexity index is 914. The van der Waals surface area contributed by atoms with Crippen molar-refractivity contribution in [3.05, 3.63) is 65.1 Å². The molecule has 0 saturated carbocycles. The Morgan fingerprint density at radius 1 is 1.19 bits per heavy atom. The van der Waals surface area contributed by atoms with Crippen molar-refractivity contribution in [3.63, 3.8) is 0 Å². The Labute approximate surface area is 152 Å². The van der Waals surface area contributed by atoms with Crippen molar-refractivity contribution < 1.29 is 4.79 Å². The lowest BCUT2D eigenvalue weighted by atomic mass is 10.0. The first-order chi connectivity index (χ1) is 12.4. The highest BCUT2D eigenvalue weighted by Crippen LogP contribution is 2.24. The van der Waals surface area contributed by atoms with E-state index in [0.717, 1.165) is 28.2 Å². The first-order valence-corrected chi connectivity index (χ1v) is 8.57. The minimum atomic E-state index is -0.105. The van der Waals surface area contributed by atoms with E-state index < -0.39 is 0 Å². The lowest BCUT2D eigenvalue weighted by Crippen LogP contribution is -2.34. The lowest BCUT2D eigenvalue weighted by Gasteiger charge is -2.13. The number of nitrogens with one attached hydrogen (secondary N) is 2. The van der Waals surface area contributed by atoms with Gasteiger partial charge in [0, 0.05) is 35.0 Å². The first kappa shape index (κ1) is 17.7. The van der Waals surface area contributed by atoms with Crippen LogP contribution in [0.15, 0.2) is 42.5 Å². The van der Waals surface area contributed by atoms with Crippen molar-refractivity contribution in [1.82, 2.24) is 20.5 Å². The molecule has 3 rings (SSSR count). The third-order valence-electron chi connectivity index (χ3n) is 4.17. The fourth-order valence-corrected chi connectivity index (χ4v) is 2.87. The van der Waals surface area contributed by atoms with Crippen LogP contribution in [0.5, 0.6) is 0 Å². The summed E-state index contributed by atoms with van der Waals surface area (Å²) in [5, 5.41) is 10.1. The number of carbonyl (C=O) groups excluding carboxylic acids is 1. The Hall–Kier alpha value is -3.15. The third kappa shape index (κ3) is 4.08. The van der Waals surface area contributed by atoms with E-state index >= 15 is 0 Å². The van der Waals surface area contributed by atoms with Crippen molar-refractivity contribution in [2.45, 2.75) is 33.2 Å². The molecule has 1 atom stereocenters. The second-order valence-corrected chi connectivity index (χ2v) is 6.58. The Kier molecular flexibility index (Phi) is 5.02. The molecule has 2 heterocycles. The molecule has 2 aromatic heterocycles. The molecule has 4 N–H and O–H groups in total. The molecule has 0 fully saturated rings. The monoisotopic (exact) mass is 349 g/mol. The predicted octanol–water partition coefficient (Wildman–Crippen LogP) is 3.03. The molecule has 0 spiro atoms. The van der Waals surface area contributed by atoms with Gasteiger partial charge in [-0.25, -0.2) is 4.98 Å². The van der Waals surface area contributed by atoms with E-state index in [4.69, 9.17) is 5.73 Å². The van der Waals surface area contributed by atoms with Crippen molar-refractivity contribution in [1.29, 1.82) is 0 Å². The fourth-order valence-electron chi connectivity index (χ4n) is 2.87. The number of H-pyrrole nitrogens is 1. The normalized spacial score (nSPS) is 12.0. The van der Waals surface area contributed by atoms with Gasteiger partial charge in [0.1, 0.15) is 5.82 Å². The molecular formula is C20H23N5O. The first-order valence-electron chi connectivity index (χ1n) is 8.57. The molecule has 134 valence electrons. The van der Waals surface area contributed by atoms with Gasteiger partial charge in [0.05, 0.1) is 5.69 Å². The summed E-state index contributed by atoms with van der Waals surface area (Å²) in [6, 6.07) is 13.2. The summed E-state index contributed by atoms with van der Waals surface area (Å²) < 4.78 is 0. The number of aryl methyl sites for hydroxylation is 2. The van der Waals surface area contributed by atoms with Crippen LogP contribution in [-0.2, 0) is 6.42 Å². The summed E-state index contributed by atoms with van der Waals surface area (Å²) in [5.74, 6) is 0.386. The molecule has 0 aliphatic heterocycles. The van der Waals surface area contributed by atoms with Gasteiger partial charge in [0.25, 0.3) is 5.91 Å². The quantitative estimate of drug-likeness (QED) is 0.659. The van der Waals surface area contributed by atoms with Crippen LogP contribution in [0.25, 0.3) is 11.1 Å². The maximum atomic E-state index is 12.4. The SMILES string of the molecule is Cc1ccc(-c2ccc(C(=O)NC(C)Cc3cc(C)[nH]n3)cc2)c(N)n1. The van der Waals surface area contributed by atoms with E-state index in [1.165, 1.54) is 0 Å². The Balaban J connectivity index is 1.66. The van der Waals surface area contributed by atoms with Crippen molar-refractivity contribution in [2.75, 3.05) is 5.73 Å². The van der Waals surface area contributed by atoms with Crippen LogP contribution in [0, 0.1) is 13.8 Å². The number of pyridine rings is 1. The molecule has 1 unspecified atom stereocenters. The van der Waals surface area contributed by atoms with Crippen LogP contribution < -0.4 is 11.1 Å². The van der Waals surface area contributed by atoms with Crippen LogP contribution >= 0.6 is 0 Å². The molecule has 0 aliphatic carbocycles. The Morgan fingerprint density at radius 3 is 2.54 bits per heavy atom. The maximum absolute atomic E-state index is 12.4. The smallest absolute Gasteiger partial charge is 0.251 e. The van der Waals surface area contributed by atoms with Gasteiger partial charge in [0.2, 0.25) is 0 Å². The maximum Gasteiger partial charge on any atom is 0.251 e. The second kappa shape index (κ2) is 7.39. The highest BCUT2D eigenvalue weighted by atomic mass is 16.1. The van der Waals surface area contributed by atoms with Gasteiger partial charge < -0.3 is 11.1 Å². The topological polar surface area (TPSA) is 96.7 Å². The van der Waals surface area contributed by atoms with Gasteiger partial charge in [-0.3, -0.25) is 9.89 Å². The average Bonchev–Trinajstić information content (AvgIpc) is 2.99. The van der Waals surface area contributed by atoms with E-state index in [1.807, 2.05) is 51.1 Å². The van der Waals surface area contributed by atoms with Crippen molar-refractivity contribution >= 4 is 11.7 Å². The molecule has 3 aromatic rings. The predicted molar refractivity (Wildman–Crippen MR) is 103 cm³/mol. The average molecular weight is 349 g/mol. The number of carbonyl (C=O) groups is 1. The second-order valence-electron chi connectivity index (χ2n) is 6.58. The lowest BCUT2D eigenvalue weighted by molar-refractivity contribution is 0.0940. The van der Waals surface area contributed by atoms with Crippen LogP contribution in [-0.4, -0.2) is 27.1 Å². The number of benzene rings is 1. The minimum Gasteiger partial charge on any atom is -0.383 e. The van der Waals surface area contributed by atoms with E-state index in [9.17, 15) is 4.79 Å². The van der Waals surface area contributed by atoms with Crippen LogP contribution in [0.4, 0.5) is 5.82 Å². The molecule has 0 bridgehead atoms. The van der Waals surface area contributed by atoms with Gasteiger partial charge in [-0.15, -0.1) is 0 Å². The standard InChI is InChI=1S/C20H23N5O/c1-12-4-9-18(19(21)22-12)15-5-7-16(8-6-15)20(26)23-13(2)10-17-11-14(3)24-25-17/h4-9,11,13H,10H2,1-3H3,(H2,21,22)(H,23,26)(H,24,25). The summed E-state index contributed by atoms with van der Waals surface area (Å²) in [4.78, 5) is 16.7. The fraction of sp³-hybridized carbons (Fsp3) is 0.250. The summed E-state index contributed by atoms with van der Waals surface area (Å²) in [6.45, 7) is 5.83. The molecular weight excluding hydrogens is 326 g/mol. The molecule has 6 heteroatoms. The summed E-state index contributed by atoms with van der Waals surface area (Å²) in [6.07, 6.45) is 0.680. The van der Waals surface area contributed by atoms with E-state index in [-0.39, 0.29) is 11.9 Å². The van der Waals surface area contributed by atoms with E-state index in [0.29, 0.717) is 17.8 Å². The van der Waals surface area contributed by atoms with Gasteiger partial charge in [-0.1, -0.05) is 12.1 Å². The number of nitrogens with zero attached hydrogens (tertiary/aromatic N) is 2. The molecule has 1 amide bonds. The molecule has 0 saturated heterocycles. The third-order valence-corrected chi connectivity index (χ3v) is 4.17.